The van der Waals surface area contributed by atoms with E-state index in [0.29, 0.717) is 5.57 Å². The summed E-state index contributed by atoms with van der Waals surface area (Å²) in [5.74, 6) is -0.626. The Kier molecular flexibility index (Phi) is 2.72. The monoisotopic (exact) mass is 278 g/mol. The second-order valence-electron chi connectivity index (χ2n) is 5.54. The zero-order valence-corrected chi connectivity index (χ0v) is 11.7. The number of allylic oxidation sites excluding steroid dienone is 2. The molecule has 0 spiro atoms. The molecule has 2 aliphatic carbocycles. The number of hydrogen-bond acceptors (Lipinski definition) is 3. The number of esters is 1. The second-order valence-corrected chi connectivity index (χ2v) is 5.92. The fourth-order valence-corrected chi connectivity index (χ4v) is 3.66. The van der Waals surface area contributed by atoms with Gasteiger partial charge in [-0.05, 0) is 32.3 Å². The normalized spacial score (nSPS) is 34.5. The van der Waals surface area contributed by atoms with Gasteiger partial charge in [-0.2, -0.15) is 0 Å². The van der Waals surface area contributed by atoms with Crippen LogP contribution >= 0.6 is 11.6 Å². The molecule has 3 aliphatic rings. The molecular formula is C15H15ClO3. The quantitative estimate of drug-likeness (QED) is 0.505. The summed E-state index contributed by atoms with van der Waals surface area (Å²) in [7, 11) is 0. The summed E-state index contributed by atoms with van der Waals surface area (Å²) in [5, 5.41) is 0.286. The van der Waals surface area contributed by atoms with Gasteiger partial charge in [0.15, 0.2) is 0 Å². The SMILES string of the molecule is C=C1C(=O)O[C@@H]2[C@H]3C(C)=C(Cl)C(=O)C3=C(C)CC[C@@H]12. The molecule has 1 fully saturated rings. The highest BCUT2D eigenvalue weighted by Gasteiger charge is 2.50. The van der Waals surface area contributed by atoms with E-state index < -0.39 is 0 Å². The van der Waals surface area contributed by atoms with E-state index >= 15 is 0 Å². The Morgan fingerprint density at radius 3 is 2.68 bits per heavy atom. The van der Waals surface area contributed by atoms with E-state index in [2.05, 4.69) is 6.58 Å². The first-order valence-electron chi connectivity index (χ1n) is 6.44. The summed E-state index contributed by atoms with van der Waals surface area (Å²) in [6, 6.07) is 0. The highest BCUT2D eigenvalue weighted by molar-refractivity contribution is 6.47. The van der Waals surface area contributed by atoms with Gasteiger partial charge in [0, 0.05) is 23.0 Å². The predicted molar refractivity (Wildman–Crippen MR) is 71.5 cm³/mol. The Labute approximate surface area is 117 Å². The van der Waals surface area contributed by atoms with Gasteiger partial charge in [0.2, 0.25) is 5.78 Å². The van der Waals surface area contributed by atoms with Gasteiger partial charge in [0.1, 0.15) is 6.10 Å². The van der Waals surface area contributed by atoms with Gasteiger partial charge in [0.05, 0.1) is 5.03 Å². The second kappa shape index (κ2) is 4.07. The molecule has 1 heterocycles. The molecule has 0 aromatic heterocycles. The molecule has 0 saturated carbocycles. The van der Waals surface area contributed by atoms with Crippen LogP contribution in [0, 0.1) is 11.8 Å². The molecule has 0 amide bonds. The lowest BCUT2D eigenvalue weighted by atomic mass is 9.83. The lowest BCUT2D eigenvalue weighted by molar-refractivity contribution is -0.140. The van der Waals surface area contributed by atoms with Crippen molar-refractivity contribution in [2.24, 2.45) is 11.8 Å². The van der Waals surface area contributed by atoms with Crippen LogP contribution in [0.25, 0.3) is 0 Å². The van der Waals surface area contributed by atoms with Crippen LogP contribution in [0.15, 0.2) is 33.9 Å². The van der Waals surface area contributed by atoms with Crippen molar-refractivity contribution in [3.8, 4) is 0 Å². The Balaban J connectivity index is 2.14. The van der Waals surface area contributed by atoms with Crippen LogP contribution in [-0.2, 0) is 14.3 Å². The smallest absolute Gasteiger partial charge is 0.334 e. The average Bonchev–Trinajstić information content (AvgIpc) is 2.70. The Bertz CT molecular complexity index is 582. The lowest BCUT2D eigenvalue weighted by Crippen LogP contribution is -2.27. The van der Waals surface area contributed by atoms with E-state index in [0.717, 1.165) is 29.6 Å². The minimum atomic E-state index is -0.336. The number of ketones is 1. The molecule has 0 radical (unpaired) electrons. The molecule has 0 aromatic carbocycles. The van der Waals surface area contributed by atoms with Crippen LogP contribution in [0.1, 0.15) is 26.7 Å². The first-order chi connectivity index (χ1) is 8.93. The van der Waals surface area contributed by atoms with Crippen LogP contribution in [0.2, 0.25) is 0 Å². The predicted octanol–water partition coefficient (Wildman–Crippen LogP) is 2.91. The zero-order valence-electron chi connectivity index (χ0n) is 11.0. The van der Waals surface area contributed by atoms with Gasteiger partial charge in [-0.1, -0.05) is 23.8 Å². The van der Waals surface area contributed by atoms with E-state index in [1.165, 1.54) is 0 Å². The topological polar surface area (TPSA) is 43.4 Å². The van der Waals surface area contributed by atoms with Crippen LogP contribution in [0.4, 0.5) is 0 Å². The maximum atomic E-state index is 12.3. The van der Waals surface area contributed by atoms with Crippen molar-refractivity contribution in [1.29, 1.82) is 0 Å². The molecule has 19 heavy (non-hydrogen) atoms. The number of Topliss-reactive ketones (excluding diaryl/α,β-unsaturated/α-hetero) is 1. The molecule has 1 saturated heterocycles. The summed E-state index contributed by atoms with van der Waals surface area (Å²) in [5.41, 5.74) is 3.14. The van der Waals surface area contributed by atoms with E-state index in [1.807, 2.05) is 13.8 Å². The average molecular weight is 279 g/mol. The Morgan fingerprint density at radius 1 is 1.32 bits per heavy atom. The number of rotatable bonds is 0. The number of carbonyl (C=O) groups is 2. The zero-order chi connectivity index (χ0) is 13.9. The summed E-state index contributed by atoms with van der Waals surface area (Å²) >= 11 is 6.10. The number of carbonyl (C=O) groups excluding carboxylic acids is 2. The highest BCUT2D eigenvalue weighted by atomic mass is 35.5. The molecule has 1 aliphatic heterocycles. The third-order valence-electron chi connectivity index (χ3n) is 4.54. The highest BCUT2D eigenvalue weighted by Crippen LogP contribution is 2.49. The summed E-state index contributed by atoms with van der Waals surface area (Å²) in [6.45, 7) is 7.65. The first kappa shape index (κ1) is 12.7. The van der Waals surface area contributed by atoms with Crippen molar-refractivity contribution in [2.45, 2.75) is 32.8 Å². The number of ether oxygens (including phenoxy) is 1. The summed E-state index contributed by atoms with van der Waals surface area (Å²) in [6.07, 6.45) is 1.28. The number of halogens is 1. The van der Waals surface area contributed by atoms with E-state index in [9.17, 15) is 9.59 Å². The first-order valence-corrected chi connectivity index (χ1v) is 6.81. The van der Waals surface area contributed by atoms with Crippen molar-refractivity contribution in [3.05, 3.63) is 33.9 Å². The van der Waals surface area contributed by atoms with Crippen molar-refractivity contribution < 1.29 is 14.3 Å². The van der Waals surface area contributed by atoms with Gasteiger partial charge in [0.25, 0.3) is 0 Å². The van der Waals surface area contributed by atoms with Gasteiger partial charge < -0.3 is 4.74 Å². The molecule has 3 atom stereocenters. The van der Waals surface area contributed by atoms with Crippen molar-refractivity contribution in [3.63, 3.8) is 0 Å². The third kappa shape index (κ3) is 1.57. The van der Waals surface area contributed by atoms with E-state index in [4.69, 9.17) is 16.3 Å². The lowest BCUT2D eigenvalue weighted by Gasteiger charge is -2.23. The van der Waals surface area contributed by atoms with Crippen LogP contribution in [-0.4, -0.2) is 17.9 Å². The molecular weight excluding hydrogens is 264 g/mol. The van der Waals surface area contributed by atoms with Crippen LogP contribution < -0.4 is 0 Å². The summed E-state index contributed by atoms with van der Waals surface area (Å²) < 4.78 is 5.47. The molecule has 0 unspecified atom stereocenters. The van der Waals surface area contributed by atoms with Crippen LogP contribution in [0.3, 0.4) is 0 Å². The molecule has 0 aromatic rings. The molecule has 0 bridgehead atoms. The molecule has 0 N–H and O–H groups in total. The van der Waals surface area contributed by atoms with Gasteiger partial charge in [-0.3, -0.25) is 4.79 Å². The van der Waals surface area contributed by atoms with Gasteiger partial charge in [-0.25, -0.2) is 4.79 Å². The summed E-state index contributed by atoms with van der Waals surface area (Å²) in [4.78, 5) is 24.0. The molecule has 4 heteroatoms. The Morgan fingerprint density at radius 2 is 2.00 bits per heavy atom. The molecule has 100 valence electrons. The van der Waals surface area contributed by atoms with E-state index in [-0.39, 0.29) is 34.7 Å². The third-order valence-corrected chi connectivity index (χ3v) is 5.01. The number of hydrogen-bond donors (Lipinski definition) is 0. The van der Waals surface area contributed by atoms with Crippen molar-refractivity contribution >= 4 is 23.4 Å². The maximum Gasteiger partial charge on any atom is 0.334 e. The minimum Gasteiger partial charge on any atom is -0.457 e. The maximum absolute atomic E-state index is 12.3. The van der Waals surface area contributed by atoms with E-state index in [1.54, 1.807) is 0 Å². The van der Waals surface area contributed by atoms with Crippen LogP contribution in [0.5, 0.6) is 0 Å². The fraction of sp³-hybridized carbons (Fsp3) is 0.467. The fourth-order valence-electron chi connectivity index (χ4n) is 3.44. The largest absolute Gasteiger partial charge is 0.457 e. The Hall–Kier alpha value is -1.35. The molecule has 3 rings (SSSR count). The van der Waals surface area contributed by atoms with Gasteiger partial charge >= 0.3 is 5.97 Å². The standard InChI is InChI=1S/C15H15ClO3/c1-6-4-5-9-7(2)15(18)19-14(9)11-8(3)12(16)13(17)10(6)11/h9,11,14H,2,4-5H2,1,3H3/t9-,11-,14-/m0/s1. The minimum absolute atomic E-state index is 0.00438. The number of fused-ring (bicyclic) bond motifs is 3. The van der Waals surface area contributed by atoms with Crippen molar-refractivity contribution in [1.82, 2.24) is 0 Å². The molecule has 3 nitrogen and oxygen atoms in total. The van der Waals surface area contributed by atoms with Crippen molar-refractivity contribution in [2.75, 3.05) is 0 Å². The van der Waals surface area contributed by atoms with Gasteiger partial charge in [-0.15, -0.1) is 0 Å².